The predicted molar refractivity (Wildman–Crippen MR) is 110 cm³/mol. The summed E-state index contributed by atoms with van der Waals surface area (Å²) in [5.74, 6) is 0.111. The van der Waals surface area contributed by atoms with Gasteiger partial charge < -0.3 is 15.7 Å². The van der Waals surface area contributed by atoms with Gasteiger partial charge in [0, 0.05) is 43.8 Å². The Morgan fingerprint density at radius 1 is 1.22 bits per heavy atom. The highest BCUT2D eigenvalue weighted by Crippen LogP contribution is 2.23. The van der Waals surface area contributed by atoms with Gasteiger partial charge in [0.15, 0.2) is 0 Å². The van der Waals surface area contributed by atoms with Gasteiger partial charge in [0.05, 0.1) is 6.61 Å². The summed E-state index contributed by atoms with van der Waals surface area (Å²) in [6.07, 6.45) is 3.31. The lowest BCUT2D eigenvalue weighted by atomic mass is 10.0. The van der Waals surface area contributed by atoms with Crippen molar-refractivity contribution in [1.29, 1.82) is 0 Å². The van der Waals surface area contributed by atoms with Crippen LogP contribution in [0.3, 0.4) is 0 Å². The Kier molecular flexibility index (Phi) is 6.83. The largest absolute Gasteiger partial charge is 0.395 e. The van der Waals surface area contributed by atoms with Gasteiger partial charge in [0.25, 0.3) is 5.91 Å². The highest BCUT2D eigenvalue weighted by atomic mass is 16.3. The third-order valence-electron chi connectivity index (χ3n) is 5.51. The van der Waals surface area contributed by atoms with Crippen molar-refractivity contribution in [3.8, 4) is 0 Å². The van der Waals surface area contributed by atoms with Crippen molar-refractivity contribution >= 4 is 16.7 Å². The van der Waals surface area contributed by atoms with E-state index in [0.29, 0.717) is 19.1 Å². The molecule has 5 nitrogen and oxygen atoms in total. The molecule has 1 heterocycles. The number of aliphatic hydroxyl groups excluding tert-OH is 1. The number of aliphatic hydroxyl groups is 1. The van der Waals surface area contributed by atoms with E-state index in [-0.39, 0.29) is 18.6 Å². The summed E-state index contributed by atoms with van der Waals surface area (Å²) < 4.78 is 0. The van der Waals surface area contributed by atoms with Crippen LogP contribution in [0.4, 0.5) is 0 Å². The highest BCUT2D eigenvalue weighted by molar-refractivity contribution is 6.07. The molecule has 27 heavy (non-hydrogen) atoms. The van der Waals surface area contributed by atoms with Crippen LogP contribution < -0.4 is 5.73 Å². The molecular formula is C22H31N3O2. The second-order valence-electron chi connectivity index (χ2n) is 7.51. The van der Waals surface area contributed by atoms with Gasteiger partial charge in [-0.05, 0) is 23.3 Å². The smallest absolute Gasteiger partial charge is 0.254 e. The number of nitrogens with zero attached hydrogens (tertiary/aromatic N) is 2. The third-order valence-corrected chi connectivity index (χ3v) is 5.51. The van der Waals surface area contributed by atoms with Crippen molar-refractivity contribution < 1.29 is 9.90 Å². The molecule has 0 bridgehead atoms. The van der Waals surface area contributed by atoms with Crippen LogP contribution in [-0.2, 0) is 0 Å². The molecule has 0 spiro atoms. The van der Waals surface area contributed by atoms with Crippen LogP contribution in [-0.4, -0.2) is 65.7 Å². The molecule has 1 aliphatic rings. The Morgan fingerprint density at radius 3 is 2.78 bits per heavy atom. The first-order valence-corrected chi connectivity index (χ1v) is 10.0. The average Bonchev–Trinajstić information content (AvgIpc) is 2.71. The number of piperazine rings is 1. The van der Waals surface area contributed by atoms with E-state index in [1.54, 1.807) is 0 Å². The molecule has 2 aromatic rings. The van der Waals surface area contributed by atoms with Gasteiger partial charge in [-0.15, -0.1) is 0 Å². The van der Waals surface area contributed by atoms with Gasteiger partial charge >= 0.3 is 0 Å². The lowest BCUT2D eigenvalue weighted by Gasteiger charge is -2.42. The maximum atomic E-state index is 13.3. The molecule has 1 amide bonds. The Balaban J connectivity index is 1.77. The SMILES string of the molecule is CCCCC1CN(C(=O)c2cccc3ccccc23)CCN1CC(N)CO. The summed E-state index contributed by atoms with van der Waals surface area (Å²) in [7, 11) is 0. The van der Waals surface area contributed by atoms with Crippen LogP contribution in [0.1, 0.15) is 36.5 Å². The summed E-state index contributed by atoms with van der Waals surface area (Å²) in [5, 5.41) is 11.4. The van der Waals surface area contributed by atoms with Crippen LogP contribution in [0, 0.1) is 0 Å². The summed E-state index contributed by atoms with van der Waals surface area (Å²) in [6, 6.07) is 14.1. The molecule has 0 radical (unpaired) electrons. The zero-order chi connectivity index (χ0) is 19.2. The maximum Gasteiger partial charge on any atom is 0.254 e. The predicted octanol–water partition coefficient (Wildman–Crippen LogP) is 2.48. The van der Waals surface area contributed by atoms with E-state index in [4.69, 9.17) is 5.73 Å². The number of fused-ring (bicyclic) bond motifs is 1. The number of hydrogen-bond donors (Lipinski definition) is 2. The van der Waals surface area contributed by atoms with Gasteiger partial charge in [-0.25, -0.2) is 0 Å². The summed E-state index contributed by atoms with van der Waals surface area (Å²) in [4.78, 5) is 17.6. The van der Waals surface area contributed by atoms with Crippen molar-refractivity contribution in [1.82, 2.24) is 9.80 Å². The standard InChI is InChI=1S/C22H31N3O2/c1-2-3-9-19-15-25(13-12-24(19)14-18(23)16-26)22(27)21-11-6-8-17-7-4-5-10-20(17)21/h4-8,10-11,18-19,26H,2-3,9,12-16,23H2,1H3. The monoisotopic (exact) mass is 369 g/mol. The molecule has 2 atom stereocenters. The quantitative estimate of drug-likeness (QED) is 0.787. The number of unbranched alkanes of at least 4 members (excludes halogenated alkanes) is 1. The van der Waals surface area contributed by atoms with E-state index in [1.807, 2.05) is 47.4 Å². The molecule has 2 aromatic carbocycles. The molecule has 2 unspecified atom stereocenters. The first kappa shape index (κ1) is 19.8. The van der Waals surface area contributed by atoms with Crippen molar-refractivity contribution in [2.75, 3.05) is 32.8 Å². The molecular weight excluding hydrogens is 338 g/mol. The molecule has 1 aliphatic heterocycles. The van der Waals surface area contributed by atoms with Gasteiger partial charge in [0.2, 0.25) is 0 Å². The molecule has 3 N–H and O–H groups in total. The summed E-state index contributed by atoms with van der Waals surface area (Å²) in [5.41, 5.74) is 6.75. The zero-order valence-electron chi connectivity index (χ0n) is 16.2. The van der Waals surface area contributed by atoms with Crippen molar-refractivity contribution in [2.45, 2.75) is 38.3 Å². The van der Waals surface area contributed by atoms with Gasteiger partial charge in [-0.1, -0.05) is 56.2 Å². The minimum absolute atomic E-state index is 0.00432. The van der Waals surface area contributed by atoms with E-state index in [9.17, 15) is 9.90 Å². The van der Waals surface area contributed by atoms with Crippen LogP contribution >= 0.6 is 0 Å². The minimum atomic E-state index is -0.227. The Labute approximate surface area is 161 Å². The normalized spacial score (nSPS) is 19.4. The van der Waals surface area contributed by atoms with Gasteiger partial charge in [-0.3, -0.25) is 9.69 Å². The fourth-order valence-electron chi connectivity index (χ4n) is 3.97. The Morgan fingerprint density at radius 2 is 2.00 bits per heavy atom. The van der Waals surface area contributed by atoms with Gasteiger partial charge in [0.1, 0.15) is 0 Å². The topological polar surface area (TPSA) is 69.8 Å². The van der Waals surface area contributed by atoms with E-state index in [0.717, 1.165) is 48.7 Å². The number of hydrogen-bond acceptors (Lipinski definition) is 4. The van der Waals surface area contributed by atoms with E-state index >= 15 is 0 Å². The second-order valence-corrected chi connectivity index (χ2v) is 7.51. The highest BCUT2D eigenvalue weighted by Gasteiger charge is 2.30. The van der Waals surface area contributed by atoms with Crippen LogP contribution in [0.5, 0.6) is 0 Å². The number of benzene rings is 2. The lowest BCUT2D eigenvalue weighted by molar-refractivity contribution is 0.0421. The first-order valence-electron chi connectivity index (χ1n) is 10.0. The lowest BCUT2D eigenvalue weighted by Crippen LogP contribution is -2.57. The van der Waals surface area contributed by atoms with Crippen LogP contribution in [0.2, 0.25) is 0 Å². The number of amides is 1. The van der Waals surface area contributed by atoms with E-state index in [2.05, 4.69) is 11.8 Å². The summed E-state index contributed by atoms with van der Waals surface area (Å²) in [6.45, 7) is 5.09. The Hall–Kier alpha value is -1.95. The fraction of sp³-hybridized carbons (Fsp3) is 0.500. The Bertz CT molecular complexity index is 759. The molecule has 0 aliphatic carbocycles. The van der Waals surface area contributed by atoms with Crippen molar-refractivity contribution in [3.05, 3.63) is 48.0 Å². The van der Waals surface area contributed by atoms with Crippen molar-refractivity contribution in [2.24, 2.45) is 5.73 Å². The fourth-order valence-corrected chi connectivity index (χ4v) is 3.97. The molecule has 3 rings (SSSR count). The molecule has 0 aromatic heterocycles. The number of carbonyl (C=O) groups is 1. The van der Waals surface area contributed by atoms with Crippen molar-refractivity contribution in [3.63, 3.8) is 0 Å². The number of nitrogens with two attached hydrogens (primary N) is 1. The number of rotatable bonds is 7. The van der Waals surface area contributed by atoms with Crippen LogP contribution in [0.15, 0.2) is 42.5 Å². The maximum absolute atomic E-state index is 13.3. The molecule has 0 saturated carbocycles. The molecule has 146 valence electrons. The van der Waals surface area contributed by atoms with E-state index in [1.165, 1.54) is 0 Å². The molecule has 5 heteroatoms. The third kappa shape index (κ3) is 4.67. The first-order chi connectivity index (χ1) is 13.1. The second kappa shape index (κ2) is 9.31. The zero-order valence-corrected chi connectivity index (χ0v) is 16.2. The van der Waals surface area contributed by atoms with E-state index < -0.39 is 0 Å². The number of carbonyl (C=O) groups excluding carboxylic acids is 1. The van der Waals surface area contributed by atoms with Crippen LogP contribution in [0.25, 0.3) is 10.8 Å². The molecule has 1 fully saturated rings. The minimum Gasteiger partial charge on any atom is -0.395 e. The average molecular weight is 370 g/mol. The summed E-state index contributed by atoms with van der Waals surface area (Å²) >= 11 is 0. The molecule has 1 saturated heterocycles. The van der Waals surface area contributed by atoms with Gasteiger partial charge in [-0.2, -0.15) is 0 Å².